The first-order valence-corrected chi connectivity index (χ1v) is 12.9. The predicted octanol–water partition coefficient (Wildman–Crippen LogP) is 4.55. The number of nitrogens with one attached hydrogen (secondary N) is 1. The van der Waals surface area contributed by atoms with Gasteiger partial charge in [-0.05, 0) is 31.9 Å². The standard InChI is InChI=1S/C27H42N2O5/c1-4-6-7-8-9-10-11-12-19-33-25(30)20-23-26(31)28-17-18-29(23)27(32)24(5-2)34-22-15-13-21(3)14-16-22/h13-16,23-24H,4-12,17-20H2,1-3H3,(H,28,31). The molecule has 0 radical (unpaired) electrons. The summed E-state index contributed by atoms with van der Waals surface area (Å²) in [4.78, 5) is 39.6. The van der Waals surface area contributed by atoms with Crippen molar-refractivity contribution in [2.75, 3.05) is 19.7 Å². The quantitative estimate of drug-likeness (QED) is 0.298. The average Bonchev–Trinajstić information content (AvgIpc) is 2.83. The second-order valence-electron chi connectivity index (χ2n) is 9.07. The van der Waals surface area contributed by atoms with E-state index in [1.165, 1.54) is 37.0 Å². The van der Waals surface area contributed by atoms with E-state index in [0.717, 1.165) is 24.8 Å². The molecule has 7 nitrogen and oxygen atoms in total. The van der Waals surface area contributed by atoms with E-state index in [0.29, 0.717) is 31.9 Å². The van der Waals surface area contributed by atoms with Gasteiger partial charge in [0.05, 0.1) is 13.0 Å². The minimum atomic E-state index is -0.872. The molecule has 0 bridgehead atoms. The maximum Gasteiger partial charge on any atom is 0.308 e. The highest BCUT2D eigenvalue weighted by atomic mass is 16.5. The summed E-state index contributed by atoms with van der Waals surface area (Å²) in [6.07, 6.45) is 8.91. The SMILES string of the molecule is CCCCCCCCCCOC(=O)CC1C(=O)NCCN1C(=O)C(CC)Oc1ccc(C)cc1. The number of rotatable bonds is 15. The van der Waals surface area contributed by atoms with Gasteiger partial charge in [-0.2, -0.15) is 0 Å². The number of benzene rings is 1. The summed E-state index contributed by atoms with van der Waals surface area (Å²) >= 11 is 0. The van der Waals surface area contributed by atoms with Crippen LogP contribution < -0.4 is 10.1 Å². The molecule has 1 N–H and O–H groups in total. The number of ether oxygens (including phenoxy) is 2. The Labute approximate surface area is 204 Å². The van der Waals surface area contributed by atoms with Crippen molar-refractivity contribution in [1.82, 2.24) is 10.2 Å². The van der Waals surface area contributed by atoms with Gasteiger partial charge in [0.15, 0.2) is 6.10 Å². The van der Waals surface area contributed by atoms with Gasteiger partial charge in [0.2, 0.25) is 5.91 Å². The molecular formula is C27H42N2O5. The molecule has 0 saturated carbocycles. The summed E-state index contributed by atoms with van der Waals surface area (Å²) in [6, 6.07) is 6.63. The number of hydrogen-bond acceptors (Lipinski definition) is 5. The Morgan fingerprint density at radius 3 is 2.32 bits per heavy atom. The number of carbonyl (C=O) groups is 3. The van der Waals surface area contributed by atoms with Crippen LogP contribution in [0.2, 0.25) is 0 Å². The molecule has 2 unspecified atom stereocenters. The van der Waals surface area contributed by atoms with E-state index in [1.807, 2.05) is 38.1 Å². The zero-order valence-corrected chi connectivity index (χ0v) is 21.1. The molecular weight excluding hydrogens is 432 g/mol. The predicted molar refractivity (Wildman–Crippen MR) is 133 cm³/mol. The van der Waals surface area contributed by atoms with Crippen LogP contribution in [-0.4, -0.2) is 54.5 Å². The van der Waals surface area contributed by atoms with Crippen LogP contribution in [0, 0.1) is 6.92 Å². The fourth-order valence-corrected chi connectivity index (χ4v) is 4.09. The van der Waals surface area contributed by atoms with Gasteiger partial charge in [-0.3, -0.25) is 14.4 Å². The lowest BCUT2D eigenvalue weighted by molar-refractivity contribution is -0.154. The highest BCUT2D eigenvalue weighted by Crippen LogP contribution is 2.19. The van der Waals surface area contributed by atoms with E-state index >= 15 is 0 Å². The van der Waals surface area contributed by atoms with Crippen LogP contribution >= 0.6 is 0 Å². The summed E-state index contributed by atoms with van der Waals surface area (Å²) in [6.45, 7) is 7.11. The fourth-order valence-electron chi connectivity index (χ4n) is 4.09. The van der Waals surface area contributed by atoms with Gasteiger partial charge in [-0.25, -0.2) is 0 Å². The molecule has 0 aromatic heterocycles. The van der Waals surface area contributed by atoms with Crippen LogP contribution in [-0.2, 0) is 19.1 Å². The second-order valence-corrected chi connectivity index (χ2v) is 9.07. The molecule has 1 fully saturated rings. The Kier molecular flexibility index (Phi) is 12.5. The Hall–Kier alpha value is -2.57. The zero-order valence-electron chi connectivity index (χ0n) is 21.1. The molecule has 0 spiro atoms. The molecule has 2 amide bonds. The number of piperazine rings is 1. The van der Waals surface area contributed by atoms with Crippen LogP contribution in [0.1, 0.15) is 83.6 Å². The minimum absolute atomic E-state index is 0.143. The van der Waals surface area contributed by atoms with Gasteiger partial charge >= 0.3 is 5.97 Å². The maximum absolute atomic E-state index is 13.2. The maximum atomic E-state index is 13.2. The van der Waals surface area contributed by atoms with Gasteiger partial charge in [-0.1, -0.05) is 76.5 Å². The monoisotopic (exact) mass is 474 g/mol. The number of unbranched alkanes of at least 4 members (excludes halogenated alkanes) is 7. The molecule has 1 aromatic carbocycles. The number of aryl methyl sites for hydroxylation is 1. The third-order valence-corrected chi connectivity index (χ3v) is 6.18. The van der Waals surface area contributed by atoms with Crippen LogP contribution in [0.4, 0.5) is 0 Å². The van der Waals surface area contributed by atoms with Crippen molar-refractivity contribution in [2.45, 2.75) is 97.1 Å². The van der Waals surface area contributed by atoms with E-state index in [2.05, 4.69) is 12.2 Å². The van der Waals surface area contributed by atoms with Crippen molar-refractivity contribution in [3.05, 3.63) is 29.8 Å². The van der Waals surface area contributed by atoms with Crippen molar-refractivity contribution in [3.8, 4) is 5.75 Å². The normalized spacial score (nSPS) is 16.6. The summed E-state index contributed by atoms with van der Waals surface area (Å²) < 4.78 is 11.3. The second kappa shape index (κ2) is 15.4. The van der Waals surface area contributed by atoms with Crippen molar-refractivity contribution >= 4 is 17.8 Å². The lowest BCUT2D eigenvalue weighted by Gasteiger charge is -2.36. The van der Waals surface area contributed by atoms with Gasteiger partial charge in [0.25, 0.3) is 5.91 Å². The largest absolute Gasteiger partial charge is 0.481 e. The van der Waals surface area contributed by atoms with Crippen molar-refractivity contribution < 1.29 is 23.9 Å². The van der Waals surface area contributed by atoms with Gasteiger partial charge in [0.1, 0.15) is 11.8 Å². The highest BCUT2D eigenvalue weighted by Gasteiger charge is 2.38. The van der Waals surface area contributed by atoms with Crippen molar-refractivity contribution in [3.63, 3.8) is 0 Å². The molecule has 190 valence electrons. The minimum Gasteiger partial charge on any atom is -0.481 e. The molecule has 0 aliphatic carbocycles. The Balaban J connectivity index is 1.82. The first-order valence-electron chi connectivity index (χ1n) is 12.9. The number of esters is 1. The molecule has 2 atom stereocenters. The van der Waals surface area contributed by atoms with Crippen LogP contribution in [0.15, 0.2) is 24.3 Å². The molecule has 1 saturated heterocycles. The molecule has 2 rings (SSSR count). The molecule has 34 heavy (non-hydrogen) atoms. The zero-order chi connectivity index (χ0) is 24.8. The number of hydrogen-bond donors (Lipinski definition) is 1. The van der Waals surface area contributed by atoms with E-state index in [4.69, 9.17) is 9.47 Å². The fraction of sp³-hybridized carbons (Fsp3) is 0.667. The number of nitrogens with zero attached hydrogens (tertiary/aromatic N) is 1. The van der Waals surface area contributed by atoms with E-state index in [-0.39, 0.29) is 18.2 Å². The lowest BCUT2D eigenvalue weighted by Crippen LogP contribution is -2.60. The van der Waals surface area contributed by atoms with Crippen LogP contribution in [0.3, 0.4) is 0 Å². The summed E-state index contributed by atoms with van der Waals surface area (Å²) in [5, 5.41) is 2.76. The first kappa shape index (κ1) is 27.7. The molecule has 1 aromatic rings. The highest BCUT2D eigenvalue weighted by molar-refractivity contribution is 5.93. The summed E-state index contributed by atoms with van der Waals surface area (Å²) in [5.41, 5.74) is 1.10. The summed E-state index contributed by atoms with van der Waals surface area (Å²) in [7, 11) is 0. The Morgan fingerprint density at radius 1 is 1.03 bits per heavy atom. The molecule has 1 heterocycles. The van der Waals surface area contributed by atoms with Crippen molar-refractivity contribution in [1.29, 1.82) is 0 Å². The molecule has 1 aliphatic heterocycles. The molecule has 7 heteroatoms. The van der Waals surface area contributed by atoms with E-state index in [1.54, 1.807) is 0 Å². The number of amides is 2. The van der Waals surface area contributed by atoms with E-state index < -0.39 is 18.1 Å². The van der Waals surface area contributed by atoms with Crippen molar-refractivity contribution in [2.24, 2.45) is 0 Å². The Morgan fingerprint density at radius 2 is 1.68 bits per heavy atom. The van der Waals surface area contributed by atoms with Gasteiger partial charge < -0.3 is 19.7 Å². The summed E-state index contributed by atoms with van der Waals surface area (Å²) in [5.74, 6) is -0.448. The van der Waals surface area contributed by atoms with Crippen LogP contribution in [0.25, 0.3) is 0 Å². The van der Waals surface area contributed by atoms with Gasteiger partial charge in [0, 0.05) is 13.1 Å². The third kappa shape index (κ3) is 9.35. The number of carbonyl (C=O) groups excluding carboxylic acids is 3. The lowest BCUT2D eigenvalue weighted by atomic mass is 10.1. The van der Waals surface area contributed by atoms with Gasteiger partial charge in [-0.15, -0.1) is 0 Å². The Bertz CT molecular complexity index is 765. The average molecular weight is 475 g/mol. The smallest absolute Gasteiger partial charge is 0.308 e. The third-order valence-electron chi connectivity index (χ3n) is 6.18. The topological polar surface area (TPSA) is 84.9 Å². The van der Waals surface area contributed by atoms with E-state index in [9.17, 15) is 14.4 Å². The molecule has 1 aliphatic rings. The first-order chi connectivity index (χ1) is 16.5. The van der Waals surface area contributed by atoms with Crippen LogP contribution in [0.5, 0.6) is 5.75 Å².